The van der Waals surface area contributed by atoms with Crippen molar-refractivity contribution in [3.05, 3.63) is 36.3 Å². The second-order valence-electron chi connectivity index (χ2n) is 4.95. The number of carbonyl (C=O) groups is 1. The fraction of sp³-hybridized carbons (Fsp3) is 0.400. The van der Waals surface area contributed by atoms with E-state index < -0.39 is 0 Å². The van der Waals surface area contributed by atoms with Gasteiger partial charge in [-0.15, -0.1) is 0 Å². The molecule has 1 aliphatic heterocycles. The van der Waals surface area contributed by atoms with Crippen LogP contribution in [0.3, 0.4) is 0 Å². The lowest BCUT2D eigenvalue weighted by atomic mass is 10.2. The smallest absolute Gasteiger partial charge is 0.270 e. The molecule has 0 atom stereocenters. The Morgan fingerprint density at radius 3 is 2.90 bits per heavy atom. The molecule has 6 heteroatoms. The van der Waals surface area contributed by atoms with Crippen LogP contribution in [0.25, 0.3) is 10.9 Å². The van der Waals surface area contributed by atoms with E-state index in [0.717, 1.165) is 43.8 Å². The molecule has 1 aliphatic rings. The van der Waals surface area contributed by atoms with Crippen LogP contribution in [0.2, 0.25) is 0 Å². The summed E-state index contributed by atoms with van der Waals surface area (Å²) in [5, 5.41) is 3.71. The Bertz CT molecular complexity index is 621. The van der Waals surface area contributed by atoms with Gasteiger partial charge in [0.1, 0.15) is 12.0 Å². The average Bonchev–Trinajstić information content (AvgIpc) is 2.55. The van der Waals surface area contributed by atoms with Crippen molar-refractivity contribution in [2.24, 2.45) is 0 Å². The maximum absolute atomic E-state index is 12.3. The molecule has 0 saturated carbocycles. The molecule has 0 spiro atoms. The summed E-state index contributed by atoms with van der Waals surface area (Å²) in [4.78, 5) is 22.8. The minimum absolute atomic E-state index is 0.151. The number of para-hydroxylation sites is 1. The zero-order valence-electron chi connectivity index (χ0n) is 11.8. The van der Waals surface area contributed by atoms with Gasteiger partial charge in [0.15, 0.2) is 0 Å². The van der Waals surface area contributed by atoms with Gasteiger partial charge in [-0.1, -0.05) is 18.2 Å². The number of hydrogen-bond donors (Lipinski definition) is 1. The lowest BCUT2D eigenvalue weighted by Gasteiger charge is -2.26. The van der Waals surface area contributed by atoms with E-state index in [2.05, 4.69) is 20.2 Å². The summed E-state index contributed by atoms with van der Waals surface area (Å²) >= 11 is 0. The van der Waals surface area contributed by atoms with E-state index in [9.17, 15) is 4.79 Å². The molecular formula is C15H18N4O2. The number of nitrogens with zero attached hydrogens (tertiary/aromatic N) is 3. The molecule has 6 nitrogen and oxygen atoms in total. The first kappa shape index (κ1) is 13.9. The predicted octanol–water partition coefficient (Wildman–Crippen LogP) is 0.692. The molecule has 0 aliphatic carbocycles. The Labute approximate surface area is 123 Å². The van der Waals surface area contributed by atoms with Crippen molar-refractivity contribution in [1.29, 1.82) is 0 Å². The number of benzene rings is 1. The topological polar surface area (TPSA) is 67.4 Å². The van der Waals surface area contributed by atoms with Crippen LogP contribution in [0.1, 0.15) is 10.5 Å². The SMILES string of the molecule is O=C(NCCN1CCOCC1)c1ncnc2ccccc12. The van der Waals surface area contributed by atoms with Crippen molar-refractivity contribution >= 4 is 16.8 Å². The molecule has 2 heterocycles. The third-order valence-electron chi connectivity index (χ3n) is 3.58. The summed E-state index contributed by atoms with van der Waals surface area (Å²) in [6, 6.07) is 7.53. The van der Waals surface area contributed by atoms with Crippen molar-refractivity contribution in [1.82, 2.24) is 20.2 Å². The zero-order chi connectivity index (χ0) is 14.5. The van der Waals surface area contributed by atoms with Crippen LogP contribution >= 0.6 is 0 Å². The van der Waals surface area contributed by atoms with Gasteiger partial charge in [-0.3, -0.25) is 9.69 Å². The van der Waals surface area contributed by atoms with E-state index in [-0.39, 0.29) is 5.91 Å². The van der Waals surface area contributed by atoms with Gasteiger partial charge in [0.05, 0.1) is 18.7 Å². The summed E-state index contributed by atoms with van der Waals surface area (Å²) in [5.74, 6) is -0.151. The van der Waals surface area contributed by atoms with Crippen molar-refractivity contribution in [2.75, 3.05) is 39.4 Å². The van der Waals surface area contributed by atoms with Gasteiger partial charge in [-0.2, -0.15) is 0 Å². The molecule has 1 saturated heterocycles. The Morgan fingerprint density at radius 2 is 2.05 bits per heavy atom. The first-order valence-corrected chi connectivity index (χ1v) is 7.12. The summed E-state index contributed by atoms with van der Waals surface area (Å²) in [6.07, 6.45) is 1.43. The van der Waals surface area contributed by atoms with Gasteiger partial charge in [-0.05, 0) is 6.07 Å². The lowest BCUT2D eigenvalue weighted by Crippen LogP contribution is -2.41. The standard InChI is InChI=1S/C15H18N4O2/c20-15(16-5-6-19-7-9-21-10-8-19)14-12-3-1-2-4-13(12)17-11-18-14/h1-4,11H,5-10H2,(H,16,20). The molecule has 0 radical (unpaired) electrons. The van der Waals surface area contributed by atoms with Crippen molar-refractivity contribution in [3.63, 3.8) is 0 Å². The first-order chi connectivity index (χ1) is 10.3. The number of rotatable bonds is 4. The number of fused-ring (bicyclic) bond motifs is 1. The molecule has 1 fully saturated rings. The van der Waals surface area contributed by atoms with Crippen LogP contribution in [-0.4, -0.2) is 60.2 Å². The highest BCUT2D eigenvalue weighted by Crippen LogP contribution is 2.13. The van der Waals surface area contributed by atoms with Crippen LogP contribution in [0.4, 0.5) is 0 Å². The normalized spacial score (nSPS) is 16.0. The van der Waals surface area contributed by atoms with E-state index in [1.807, 2.05) is 24.3 Å². The molecular weight excluding hydrogens is 268 g/mol. The van der Waals surface area contributed by atoms with E-state index in [0.29, 0.717) is 12.2 Å². The summed E-state index contributed by atoms with van der Waals surface area (Å²) < 4.78 is 5.30. The molecule has 0 unspecified atom stereocenters. The highest BCUT2D eigenvalue weighted by atomic mass is 16.5. The molecule has 1 N–H and O–H groups in total. The fourth-order valence-electron chi connectivity index (χ4n) is 2.42. The molecule has 1 aromatic heterocycles. The highest BCUT2D eigenvalue weighted by molar-refractivity contribution is 6.04. The monoisotopic (exact) mass is 286 g/mol. The second-order valence-corrected chi connectivity index (χ2v) is 4.95. The molecule has 110 valence electrons. The molecule has 1 amide bonds. The summed E-state index contributed by atoms with van der Waals surface area (Å²) in [7, 11) is 0. The molecule has 1 aromatic carbocycles. The minimum Gasteiger partial charge on any atom is -0.379 e. The van der Waals surface area contributed by atoms with Crippen LogP contribution in [-0.2, 0) is 4.74 Å². The first-order valence-electron chi connectivity index (χ1n) is 7.12. The lowest BCUT2D eigenvalue weighted by molar-refractivity contribution is 0.0383. The van der Waals surface area contributed by atoms with Crippen LogP contribution in [0.5, 0.6) is 0 Å². The number of nitrogens with one attached hydrogen (secondary N) is 1. The summed E-state index contributed by atoms with van der Waals surface area (Å²) in [6.45, 7) is 4.82. The van der Waals surface area contributed by atoms with E-state index >= 15 is 0 Å². The second kappa shape index (κ2) is 6.60. The highest BCUT2D eigenvalue weighted by Gasteiger charge is 2.13. The van der Waals surface area contributed by atoms with Gasteiger partial charge in [0, 0.05) is 31.6 Å². The Morgan fingerprint density at radius 1 is 1.24 bits per heavy atom. The van der Waals surface area contributed by atoms with Crippen molar-refractivity contribution in [2.45, 2.75) is 0 Å². The van der Waals surface area contributed by atoms with Crippen LogP contribution in [0, 0.1) is 0 Å². The van der Waals surface area contributed by atoms with E-state index in [4.69, 9.17) is 4.74 Å². The maximum atomic E-state index is 12.3. The number of amides is 1. The number of aromatic nitrogens is 2. The molecule has 21 heavy (non-hydrogen) atoms. The van der Waals surface area contributed by atoms with Gasteiger partial charge >= 0.3 is 0 Å². The van der Waals surface area contributed by atoms with Crippen LogP contribution < -0.4 is 5.32 Å². The van der Waals surface area contributed by atoms with Gasteiger partial charge in [0.25, 0.3) is 5.91 Å². The minimum atomic E-state index is -0.151. The van der Waals surface area contributed by atoms with E-state index in [1.165, 1.54) is 6.33 Å². The number of hydrogen-bond acceptors (Lipinski definition) is 5. The fourth-order valence-corrected chi connectivity index (χ4v) is 2.42. The quantitative estimate of drug-likeness (QED) is 0.896. The van der Waals surface area contributed by atoms with E-state index in [1.54, 1.807) is 0 Å². The molecule has 3 rings (SSSR count). The number of morpholine rings is 1. The van der Waals surface area contributed by atoms with Gasteiger partial charge in [0.2, 0.25) is 0 Å². The van der Waals surface area contributed by atoms with Crippen molar-refractivity contribution < 1.29 is 9.53 Å². The van der Waals surface area contributed by atoms with Gasteiger partial charge < -0.3 is 10.1 Å². The van der Waals surface area contributed by atoms with Crippen molar-refractivity contribution in [3.8, 4) is 0 Å². The molecule has 2 aromatic rings. The van der Waals surface area contributed by atoms with Crippen LogP contribution in [0.15, 0.2) is 30.6 Å². The predicted molar refractivity (Wildman–Crippen MR) is 79.1 cm³/mol. The maximum Gasteiger partial charge on any atom is 0.270 e. The molecule has 0 bridgehead atoms. The Balaban J connectivity index is 1.61. The largest absolute Gasteiger partial charge is 0.379 e. The third-order valence-corrected chi connectivity index (χ3v) is 3.58. The Hall–Kier alpha value is -2.05. The van der Waals surface area contributed by atoms with Gasteiger partial charge in [-0.25, -0.2) is 9.97 Å². The number of carbonyl (C=O) groups excluding carboxylic acids is 1. The third kappa shape index (κ3) is 3.34. The summed E-state index contributed by atoms with van der Waals surface area (Å²) in [5.41, 5.74) is 1.22. The average molecular weight is 286 g/mol. The zero-order valence-corrected chi connectivity index (χ0v) is 11.8. The Kier molecular flexibility index (Phi) is 4.37. The number of ether oxygens (including phenoxy) is 1.